The molecule has 0 atom stereocenters. The number of fused-ring (bicyclic) bond motifs is 1. The van der Waals surface area contributed by atoms with Crippen molar-refractivity contribution in [2.45, 2.75) is 6.54 Å². The lowest BCUT2D eigenvalue weighted by Crippen LogP contribution is -2.40. The average molecular weight is 421 g/mol. The van der Waals surface area contributed by atoms with Crippen molar-refractivity contribution in [2.24, 2.45) is 0 Å². The highest BCUT2D eigenvalue weighted by atomic mass is 35.5. The highest BCUT2D eigenvalue weighted by Crippen LogP contribution is 2.15. The molecule has 150 valence electrons. The Hall–Kier alpha value is -3.64. The highest BCUT2D eigenvalue weighted by molar-refractivity contribution is 6.30. The van der Waals surface area contributed by atoms with Crippen LogP contribution in [-0.4, -0.2) is 22.0 Å². The van der Waals surface area contributed by atoms with Gasteiger partial charge in [-0.2, -0.15) is 0 Å². The van der Waals surface area contributed by atoms with Crippen molar-refractivity contribution >= 4 is 28.3 Å². The van der Waals surface area contributed by atoms with Crippen molar-refractivity contribution in [3.8, 4) is 11.4 Å². The Balaban J connectivity index is 1.88. The Labute approximate surface area is 176 Å². The van der Waals surface area contributed by atoms with E-state index in [1.165, 1.54) is 4.57 Å². The van der Waals surface area contributed by atoms with Crippen molar-refractivity contribution in [2.75, 3.05) is 7.11 Å². The van der Waals surface area contributed by atoms with Crippen LogP contribution in [0.4, 0.5) is 0 Å². The van der Waals surface area contributed by atoms with Crippen LogP contribution in [0.25, 0.3) is 16.6 Å². The van der Waals surface area contributed by atoms with E-state index in [-0.39, 0.29) is 12.3 Å². The number of benzene rings is 3. The van der Waals surface area contributed by atoms with Gasteiger partial charge >= 0.3 is 5.69 Å². The van der Waals surface area contributed by atoms with Gasteiger partial charge in [0, 0.05) is 10.6 Å². The molecule has 0 aliphatic carbocycles. The lowest BCUT2D eigenvalue weighted by Gasteiger charge is -2.14. The van der Waals surface area contributed by atoms with E-state index in [4.69, 9.17) is 16.3 Å². The molecule has 0 fully saturated rings. The first-order valence-electron chi connectivity index (χ1n) is 9.17. The maximum atomic E-state index is 13.3. The summed E-state index contributed by atoms with van der Waals surface area (Å²) in [5.41, 5.74) is 0.176. The number of carbonyl (C=O) groups is 1. The molecule has 0 aliphatic rings. The number of methoxy groups -OCH3 is 1. The van der Waals surface area contributed by atoms with E-state index in [1.54, 1.807) is 79.9 Å². The van der Waals surface area contributed by atoms with Gasteiger partial charge in [-0.15, -0.1) is 0 Å². The first-order valence-corrected chi connectivity index (χ1v) is 9.55. The molecule has 30 heavy (non-hydrogen) atoms. The third kappa shape index (κ3) is 3.53. The molecule has 4 aromatic rings. The molecule has 6 nitrogen and oxygen atoms in total. The number of ketones is 1. The zero-order valence-electron chi connectivity index (χ0n) is 16.0. The van der Waals surface area contributed by atoms with Gasteiger partial charge in [-0.05, 0) is 60.7 Å². The average Bonchev–Trinajstić information content (AvgIpc) is 2.78. The van der Waals surface area contributed by atoms with E-state index in [2.05, 4.69) is 0 Å². The van der Waals surface area contributed by atoms with Crippen molar-refractivity contribution in [3.63, 3.8) is 0 Å². The van der Waals surface area contributed by atoms with E-state index in [0.29, 0.717) is 32.9 Å². The molecule has 7 heteroatoms. The van der Waals surface area contributed by atoms with Crippen LogP contribution in [0.3, 0.4) is 0 Å². The van der Waals surface area contributed by atoms with Gasteiger partial charge in [0.15, 0.2) is 5.78 Å². The Bertz CT molecular complexity index is 1350. The molecule has 0 amide bonds. The minimum Gasteiger partial charge on any atom is -0.497 e. The number of aromatic nitrogens is 2. The fourth-order valence-corrected chi connectivity index (χ4v) is 3.43. The lowest BCUT2D eigenvalue weighted by molar-refractivity contribution is 0.0971. The fraction of sp³-hybridized carbons (Fsp3) is 0.0870. The molecular weight excluding hydrogens is 404 g/mol. The molecule has 0 N–H and O–H groups in total. The Morgan fingerprint density at radius 2 is 1.60 bits per heavy atom. The van der Waals surface area contributed by atoms with Crippen LogP contribution in [0.5, 0.6) is 5.75 Å². The monoisotopic (exact) mass is 420 g/mol. The first-order chi connectivity index (χ1) is 14.5. The number of carbonyl (C=O) groups excluding carboxylic acids is 1. The number of Topliss-reactive ketones (excluding diaryl/α,β-unsaturated/α-hetero) is 1. The summed E-state index contributed by atoms with van der Waals surface area (Å²) < 4.78 is 7.49. The molecule has 1 aromatic heterocycles. The van der Waals surface area contributed by atoms with Crippen LogP contribution < -0.4 is 16.0 Å². The molecule has 0 saturated heterocycles. The normalized spacial score (nSPS) is 10.9. The minimum absolute atomic E-state index is 0.209. The fourth-order valence-electron chi connectivity index (χ4n) is 3.30. The molecule has 0 spiro atoms. The van der Waals surface area contributed by atoms with Crippen LogP contribution in [0, 0.1) is 0 Å². The van der Waals surface area contributed by atoms with Crippen molar-refractivity contribution in [1.82, 2.24) is 9.13 Å². The molecule has 0 saturated carbocycles. The van der Waals surface area contributed by atoms with E-state index in [9.17, 15) is 14.4 Å². The van der Waals surface area contributed by atoms with E-state index >= 15 is 0 Å². The molecule has 3 aromatic carbocycles. The highest BCUT2D eigenvalue weighted by Gasteiger charge is 2.17. The quantitative estimate of drug-likeness (QED) is 0.462. The van der Waals surface area contributed by atoms with Crippen LogP contribution in [0.15, 0.2) is 82.4 Å². The van der Waals surface area contributed by atoms with Gasteiger partial charge in [-0.3, -0.25) is 14.2 Å². The van der Waals surface area contributed by atoms with E-state index in [0.717, 1.165) is 4.57 Å². The second-order valence-electron chi connectivity index (χ2n) is 6.65. The van der Waals surface area contributed by atoms with Crippen LogP contribution in [-0.2, 0) is 6.54 Å². The van der Waals surface area contributed by atoms with Crippen LogP contribution in [0.1, 0.15) is 10.4 Å². The summed E-state index contributed by atoms with van der Waals surface area (Å²) in [4.78, 5) is 39.2. The summed E-state index contributed by atoms with van der Waals surface area (Å²) in [7, 11) is 1.54. The topological polar surface area (TPSA) is 70.3 Å². The number of ether oxygens (including phenoxy) is 1. The Morgan fingerprint density at radius 3 is 2.27 bits per heavy atom. The molecule has 0 bridgehead atoms. The van der Waals surface area contributed by atoms with Gasteiger partial charge in [0.25, 0.3) is 5.56 Å². The minimum atomic E-state index is -0.595. The smallest absolute Gasteiger partial charge is 0.336 e. The zero-order valence-corrected chi connectivity index (χ0v) is 16.8. The maximum absolute atomic E-state index is 13.3. The lowest BCUT2D eigenvalue weighted by atomic mass is 10.1. The number of hydrogen-bond donors (Lipinski definition) is 0. The Morgan fingerprint density at radius 1 is 0.933 bits per heavy atom. The van der Waals surface area contributed by atoms with Gasteiger partial charge in [0.2, 0.25) is 0 Å². The second-order valence-corrected chi connectivity index (χ2v) is 7.09. The summed E-state index contributed by atoms with van der Waals surface area (Å²) in [6.45, 7) is -0.209. The number of rotatable bonds is 5. The number of para-hydroxylation sites is 1. The van der Waals surface area contributed by atoms with Gasteiger partial charge in [-0.25, -0.2) is 9.36 Å². The third-order valence-corrected chi connectivity index (χ3v) is 5.10. The predicted octanol–water partition coefficient (Wildman–Crippen LogP) is 3.70. The maximum Gasteiger partial charge on any atom is 0.336 e. The van der Waals surface area contributed by atoms with Gasteiger partial charge in [-0.1, -0.05) is 23.7 Å². The SMILES string of the molecule is COc1ccc(C(=O)Cn2c(=O)n(-c3ccc(Cl)cc3)c(=O)c3ccccc32)cc1. The second kappa shape index (κ2) is 8.00. The number of hydrogen-bond acceptors (Lipinski definition) is 4. The van der Waals surface area contributed by atoms with E-state index < -0.39 is 11.2 Å². The summed E-state index contributed by atoms with van der Waals surface area (Å²) in [5.74, 6) is 0.372. The van der Waals surface area contributed by atoms with Crippen molar-refractivity contribution < 1.29 is 9.53 Å². The van der Waals surface area contributed by atoms with Crippen LogP contribution in [0.2, 0.25) is 5.02 Å². The molecule has 0 unspecified atom stereocenters. The summed E-state index contributed by atoms with van der Waals surface area (Å²) in [5, 5.41) is 0.831. The summed E-state index contributed by atoms with van der Waals surface area (Å²) in [6, 6.07) is 19.8. The number of nitrogens with zero attached hydrogens (tertiary/aromatic N) is 2. The molecule has 1 heterocycles. The van der Waals surface area contributed by atoms with Gasteiger partial charge in [0.1, 0.15) is 5.75 Å². The molecule has 0 aliphatic heterocycles. The first kappa shape index (κ1) is 19.7. The van der Waals surface area contributed by atoms with Crippen molar-refractivity contribution in [3.05, 3.63) is 104 Å². The molecular formula is C23H17ClN2O4. The largest absolute Gasteiger partial charge is 0.497 e. The third-order valence-electron chi connectivity index (χ3n) is 4.85. The van der Waals surface area contributed by atoms with Crippen LogP contribution >= 0.6 is 11.6 Å². The standard InChI is InChI=1S/C23H17ClN2O4/c1-30-18-12-6-15(7-13-18)21(27)14-25-20-5-3-2-4-19(20)22(28)26(23(25)29)17-10-8-16(24)9-11-17/h2-13H,14H2,1H3. The summed E-state index contributed by atoms with van der Waals surface area (Å²) >= 11 is 5.94. The van der Waals surface area contributed by atoms with Gasteiger partial charge < -0.3 is 4.74 Å². The predicted molar refractivity (Wildman–Crippen MR) is 116 cm³/mol. The molecule has 0 radical (unpaired) electrons. The summed E-state index contributed by atoms with van der Waals surface area (Å²) in [6.07, 6.45) is 0. The molecule has 4 rings (SSSR count). The van der Waals surface area contributed by atoms with Crippen molar-refractivity contribution in [1.29, 1.82) is 0 Å². The number of halogens is 1. The van der Waals surface area contributed by atoms with Gasteiger partial charge in [0.05, 0.1) is 30.2 Å². The Kier molecular flexibility index (Phi) is 5.25. The zero-order chi connectivity index (χ0) is 21.3. The van der Waals surface area contributed by atoms with E-state index in [1.807, 2.05) is 0 Å².